The van der Waals surface area contributed by atoms with E-state index in [2.05, 4.69) is 68.4 Å². The summed E-state index contributed by atoms with van der Waals surface area (Å²) in [5.74, 6) is 0. The first-order valence-corrected chi connectivity index (χ1v) is 9.18. The topological polar surface area (TPSA) is 12.0 Å². The maximum absolute atomic E-state index is 3.73. The average Bonchev–Trinajstić information content (AvgIpc) is 2.70. The predicted molar refractivity (Wildman–Crippen MR) is 94.0 cm³/mol. The van der Waals surface area contributed by atoms with Crippen LogP contribution >= 0.6 is 31.9 Å². The van der Waals surface area contributed by atoms with Crippen molar-refractivity contribution in [2.75, 3.05) is 6.54 Å². The van der Waals surface area contributed by atoms with Gasteiger partial charge in [0.25, 0.3) is 0 Å². The third-order valence-electron chi connectivity index (χ3n) is 3.82. The van der Waals surface area contributed by atoms with Crippen molar-refractivity contribution in [3.05, 3.63) is 44.4 Å². The molecule has 0 aromatic heterocycles. The maximum atomic E-state index is 3.73. The van der Waals surface area contributed by atoms with Gasteiger partial charge in [0, 0.05) is 8.95 Å². The number of allylic oxidation sites excluding steroid dienone is 1. The molecular formula is C17H23Br2N. The summed E-state index contributed by atoms with van der Waals surface area (Å²) in [6.07, 6.45) is 10.1. The Morgan fingerprint density at radius 3 is 2.80 bits per heavy atom. The van der Waals surface area contributed by atoms with E-state index in [4.69, 9.17) is 0 Å². The Bertz CT molecular complexity index is 468. The van der Waals surface area contributed by atoms with Crippen LogP contribution in [0.5, 0.6) is 0 Å². The largest absolute Gasteiger partial charge is 0.307 e. The number of halogens is 2. The van der Waals surface area contributed by atoms with Crippen LogP contribution in [0.3, 0.4) is 0 Å². The van der Waals surface area contributed by atoms with Crippen LogP contribution in [-0.4, -0.2) is 6.54 Å². The molecule has 0 amide bonds. The molecule has 2 rings (SSSR count). The van der Waals surface area contributed by atoms with E-state index in [0.717, 1.165) is 17.4 Å². The highest BCUT2D eigenvalue weighted by Crippen LogP contribution is 2.34. The predicted octanol–water partition coefficient (Wildman–Crippen LogP) is 6.14. The normalized spacial score (nSPS) is 17.4. The summed E-state index contributed by atoms with van der Waals surface area (Å²) in [6.45, 7) is 3.28. The smallest absolute Gasteiger partial charge is 0.0547 e. The summed E-state index contributed by atoms with van der Waals surface area (Å²) in [5, 5.41) is 3.73. The molecule has 0 saturated carbocycles. The van der Waals surface area contributed by atoms with Gasteiger partial charge in [-0.25, -0.2) is 0 Å². The van der Waals surface area contributed by atoms with Crippen LogP contribution < -0.4 is 5.32 Å². The molecular weight excluding hydrogens is 378 g/mol. The van der Waals surface area contributed by atoms with Gasteiger partial charge in [-0.15, -0.1) is 0 Å². The Kier molecular flexibility index (Phi) is 6.79. The average molecular weight is 401 g/mol. The Labute approximate surface area is 139 Å². The second kappa shape index (κ2) is 8.35. The van der Waals surface area contributed by atoms with Gasteiger partial charge in [-0.1, -0.05) is 62.9 Å². The lowest BCUT2D eigenvalue weighted by atomic mass is 9.95. The minimum Gasteiger partial charge on any atom is -0.307 e. The number of rotatable bonds is 5. The van der Waals surface area contributed by atoms with Crippen molar-refractivity contribution in [2.24, 2.45) is 0 Å². The van der Waals surface area contributed by atoms with Crippen molar-refractivity contribution in [3.63, 3.8) is 0 Å². The minimum absolute atomic E-state index is 0.357. The molecule has 20 heavy (non-hydrogen) atoms. The molecule has 110 valence electrons. The van der Waals surface area contributed by atoms with E-state index in [0.29, 0.717) is 6.04 Å². The highest BCUT2D eigenvalue weighted by atomic mass is 79.9. The first-order chi connectivity index (χ1) is 9.72. The third kappa shape index (κ3) is 4.44. The zero-order chi connectivity index (χ0) is 14.4. The standard InChI is InChI=1S/C17H23Br2N/c1-2-11-20-17(13-7-5-3-4-6-8-13)15-10-9-14(18)12-16(15)19/h7,9-10,12,17,20H,2-6,8,11H2,1H3. The quantitative estimate of drug-likeness (QED) is 0.585. The van der Waals surface area contributed by atoms with Gasteiger partial charge in [0.15, 0.2) is 0 Å². The lowest BCUT2D eigenvalue weighted by molar-refractivity contribution is 0.565. The lowest BCUT2D eigenvalue weighted by Crippen LogP contribution is -2.24. The second-order valence-electron chi connectivity index (χ2n) is 5.43. The number of nitrogens with one attached hydrogen (secondary N) is 1. The molecule has 1 N–H and O–H groups in total. The van der Waals surface area contributed by atoms with Gasteiger partial charge in [-0.05, 0) is 56.3 Å². The van der Waals surface area contributed by atoms with Crippen molar-refractivity contribution in [3.8, 4) is 0 Å². The number of hydrogen-bond donors (Lipinski definition) is 1. The summed E-state index contributed by atoms with van der Waals surface area (Å²) in [6, 6.07) is 6.87. The van der Waals surface area contributed by atoms with Crippen molar-refractivity contribution in [1.29, 1.82) is 0 Å². The Morgan fingerprint density at radius 2 is 2.05 bits per heavy atom. The van der Waals surface area contributed by atoms with Gasteiger partial charge in [0.1, 0.15) is 0 Å². The molecule has 1 atom stereocenters. The lowest BCUT2D eigenvalue weighted by Gasteiger charge is -2.23. The molecule has 1 unspecified atom stereocenters. The van der Waals surface area contributed by atoms with E-state index in [1.807, 2.05) is 0 Å². The first kappa shape index (κ1) is 16.3. The fourth-order valence-corrected chi connectivity index (χ4v) is 4.04. The summed E-state index contributed by atoms with van der Waals surface area (Å²) >= 11 is 7.27. The van der Waals surface area contributed by atoms with Gasteiger partial charge >= 0.3 is 0 Å². The Hall–Kier alpha value is -0.120. The minimum atomic E-state index is 0.357. The zero-order valence-corrected chi connectivity index (χ0v) is 15.3. The van der Waals surface area contributed by atoms with Gasteiger partial charge in [-0.3, -0.25) is 0 Å². The van der Waals surface area contributed by atoms with Crippen molar-refractivity contribution >= 4 is 31.9 Å². The molecule has 0 fully saturated rings. The molecule has 0 saturated heterocycles. The van der Waals surface area contributed by atoms with Crippen molar-refractivity contribution < 1.29 is 0 Å². The van der Waals surface area contributed by atoms with Crippen LogP contribution in [-0.2, 0) is 0 Å². The molecule has 1 aromatic rings. The molecule has 0 spiro atoms. The van der Waals surface area contributed by atoms with Crippen LogP contribution in [0.4, 0.5) is 0 Å². The summed E-state index contributed by atoms with van der Waals surface area (Å²) in [7, 11) is 0. The third-order valence-corrected chi connectivity index (χ3v) is 5.00. The van der Waals surface area contributed by atoms with Crippen LogP contribution in [0.2, 0.25) is 0 Å². The first-order valence-electron chi connectivity index (χ1n) is 7.59. The maximum Gasteiger partial charge on any atom is 0.0547 e. The molecule has 1 aromatic carbocycles. The molecule has 0 aliphatic heterocycles. The van der Waals surface area contributed by atoms with Gasteiger partial charge in [-0.2, -0.15) is 0 Å². The number of benzene rings is 1. The highest BCUT2D eigenvalue weighted by molar-refractivity contribution is 9.11. The van der Waals surface area contributed by atoms with Crippen molar-refractivity contribution in [2.45, 2.75) is 51.5 Å². The number of hydrogen-bond acceptors (Lipinski definition) is 1. The summed E-state index contributed by atoms with van der Waals surface area (Å²) < 4.78 is 2.31. The molecule has 0 bridgehead atoms. The molecule has 1 aliphatic carbocycles. The van der Waals surface area contributed by atoms with Crippen LogP contribution in [0.25, 0.3) is 0 Å². The molecule has 0 heterocycles. The van der Waals surface area contributed by atoms with E-state index in [9.17, 15) is 0 Å². The monoisotopic (exact) mass is 399 g/mol. The molecule has 1 nitrogen and oxygen atoms in total. The Morgan fingerprint density at radius 1 is 1.20 bits per heavy atom. The van der Waals surface area contributed by atoms with E-state index in [1.54, 1.807) is 5.57 Å². The molecule has 1 aliphatic rings. The van der Waals surface area contributed by atoms with E-state index in [-0.39, 0.29) is 0 Å². The van der Waals surface area contributed by atoms with Crippen LogP contribution in [0.15, 0.2) is 38.8 Å². The SMILES string of the molecule is CCCNC(C1=CCCCCC1)c1ccc(Br)cc1Br. The fraction of sp³-hybridized carbons (Fsp3) is 0.529. The second-order valence-corrected chi connectivity index (χ2v) is 7.20. The molecule has 3 heteroatoms. The highest BCUT2D eigenvalue weighted by Gasteiger charge is 2.19. The summed E-state index contributed by atoms with van der Waals surface area (Å²) in [4.78, 5) is 0. The Balaban J connectivity index is 2.28. The van der Waals surface area contributed by atoms with Gasteiger partial charge < -0.3 is 5.32 Å². The van der Waals surface area contributed by atoms with Crippen LogP contribution in [0.1, 0.15) is 57.1 Å². The fourth-order valence-electron chi connectivity index (χ4n) is 2.77. The zero-order valence-electron chi connectivity index (χ0n) is 12.1. The van der Waals surface area contributed by atoms with Crippen LogP contribution in [0, 0.1) is 0 Å². The summed E-state index contributed by atoms with van der Waals surface area (Å²) in [5.41, 5.74) is 2.92. The van der Waals surface area contributed by atoms with Gasteiger partial charge in [0.2, 0.25) is 0 Å². The van der Waals surface area contributed by atoms with Gasteiger partial charge in [0.05, 0.1) is 6.04 Å². The van der Waals surface area contributed by atoms with Crippen molar-refractivity contribution in [1.82, 2.24) is 5.32 Å². The van der Waals surface area contributed by atoms with E-state index >= 15 is 0 Å². The van der Waals surface area contributed by atoms with E-state index in [1.165, 1.54) is 42.1 Å². The van der Waals surface area contributed by atoms with E-state index < -0.39 is 0 Å². The molecule has 0 radical (unpaired) electrons.